The average molecular weight is 267 g/mol. The van der Waals surface area contributed by atoms with Crippen molar-refractivity contribution < 1.29 is 17.6 Å². The minimum Gasteiger partial charge on any atom is -0.412 e. The SMILES string of the molecule is FC(F)(F)c1ccc2nc(Br)oc2n1. The van der Waals surface area contributed by atoms with Gasteiger partial charge in [-0.25, -0.2) is 9.97 Å². The van der Waals surface area contributed by atoms with Crippen LogP contribution in [0.2, 0.25) is 0 Å². The van der Waals surface area contributed by atoms with E-state index in [1.54, 1.807) is 0 Å². The van der Waals surface area contributed by atoms with Crippen LogP contribution in [0.25, 0.3) is 11.2 Å². The lowest BCUT2D eigenvalue weighted by molar-refractivity contribution is -0.141. The summed E-state index contributed by atoms with van der Waals surface area (Å²) in [6, 6.07) is 2.07. The quantitative estimate of drug-likeness (QED) is 0.736. The van der Waals surface area contributed by atoms with Gasteiger partial charge in [-0.15, -0.1) is 0 Å². The number of oxazole rings is 1. The summed E-state index contributed by atoms with van der Waals surface area (Å²) in [5.41, 5.74) is -0.842. The smallest absolute Gasteiger partial charge is 0.412 e. The van der Waals surface area contributed by atoms with E-state index < -0.39 is 11.9 Å². The molecule has 0 aliphatic rings. The van der Waals surface area contributed by atoms with Gasteiger partial charge in [0.25, 0.3) is 4.80 Å². The van der Waals surface area contributed by atoms with E-state index in [1.807, 2.05) is 0 Å². The van der Waals surface area contributed by atoms with Crippen molar-refractivity contribution in [3.63, 3.8) is 0 Å². The average Bonchev–Trinajstić information content (AvgIpc) is 2.41. The lowest BCUT2D eigenvalue weighted by Crippen LogP contribution is -2.07. The van der Waals surface area contributed by atoms with Gasteiger partial charge in [0.05, 0.1) is 0 Å². The Bertz CT molecular complexity index is 479. The van der Waals surface area contributed by atoms with Crippen molar-refractivity contribution in [2.24, 2.45) is 0 Å². The molecule has 0 N–H and O–H groups in total. The Morgan fingerprint density at radius 2 is 1.93 bits per heavy atom. The van der Waals surface area contributed by atoms with Crippen molar-refractivity contribution in [1.82, 2.24) is 9.97 Å². The summed E-state index contributed by atoms with van der Waals surface area (Å²) in [5, 5.41) is 0. The second kappa shape index (κ2) is 2.94. The van der Waals surface area contributed by atoms with Crippen LogP contribution >= 0.6 is 15.9 Å². The standard InChI is InChI=1S/C7H2BrF3N2O/c8-6-12-3-1-2-4(7(9,10)11)13-5(3)14-6/h1-2H. The molecule has 14 heavy (non-hydrogen) atoms. The third-order valence-electron chi connectivity index (χ3n) is 1.52. The van der Waals surface area contributed by atoms with Crippen molar-refractivity contribution in [3.05, 3.63) is 22.6 Å². The van der Waals surface area contributed by atoms with Crippen LogP contribution in [0.4, 0.5) is 13.2 Å². The molecule has 2 heterocycles. The van der Waals surface area contributed by atoms with Crippen LogP contribution in [0, 0.1) is 0 Å². The molecular weight excluding hydrogens is 265 g/mol. The molecule has 0 aromatic carbocycles. The van der Waals surface area contributed by atoms with Gasteiger partial charge in [-0.1, -0.05) is 0 Å². The van der Waals surface area contributed by atoms with Gasteiger partial charge in [0.1, 0.15) is 11.2 Å². The molecular formula is C7H2BrF3N2O. The first-order valence-electron chi connectivity index (χ1n) is 3.47. The van der Waals surface area contributed by atoms with E-state index in [4.69, 9.17) is 4.42 Å². The van der Waals surface area contributed by atoms with Gasteiger partial charge >= 0.3 is 6.18 Å². The van der Waals surface area contributed by atoms with Crippen LogP contribution in [0.15, 0.2) is 21.3 Å². The zero-order valence-electron chi connectivity index (χ0n) is 6.47. The third-order valence-corrected chi connectivity index (χ3v) is 1.86. The number of hydrogen-bond donors (Lipinski definition) is 0. The van der Waals surface area contributed by atoms with Crippen LogP contribution in [-0.4, -0.2) is 9.97 Å². The van der Waals surface area contributed by atoms with Gasteiger partial charge in [-0.2, -0.15) is 13.2 Å². The molecule has 0 radical (unpaired) electrons. The highest BCUT2D eigenvalue weighted by Gasteiger charge is 2.33. The van der Waals surface area contributed by atoms with Gasteiger partial charge in [-0.3, -0.25) is 0 Å². The van der Waals surface area contributed by atoms with Crippen LogP contribution in [0.3, 0.4) is 0 Å². The Labute approximate surface area is 84.1 Å². The molecule has 0 aliphatic heterocycles. The molecule has 0 unspecified atom stereocenters. The normalized spacial score (nSPS) is 12.3. The summed E-state index contributed by atoms with van der Waals surface area (Å²) in [6.07, 6.45) is -4.46. The minimum atomic E-state index is -4.46. The number of fused-ring (bicyclic) bond motifs is 1. The Balaban J connectivity index is 2.62. The molecule has 2 aromatic rings. The molecule has 0 amide bonds. The highest BCUT2D eigenvalue weighted by Crippen LogP contribution is 2.29. The molecule has 0 spiro atoms. The first-order valence-corrected chi connectivity index (χ1v) is 4.26. The van der Waals surface area contributed by atoms with Gasteiger partial charge in [0.2, 0.25) is 5.71 Å². The molecule has 3 nitrogen and oxygen atoms in total. The summed E-state index contributed by atoms with van der Waals surface area (Å²) >= 11 is 2.90. The fraction of sp³-hybridized carbons (Fsp3) is 0.143. The third kappa shape index (κ3) is 1.59. The minimum absolute atomic E-state index is 0.110. The predicted molar refractivity (Wildman–Crippen MR) is 44.5 cm³/mol. The second-order valence-electron chi connectivity index (χ2n) is 2.49. The van der Waals surface area contributed by atoms with E-state index in [1.165, 1.54) is 6.07 Å². The topological polar surface area (TPSA) is 38.9 Å². The number of alkyl halides is 3. The summed E-state index contributed by atoms with van der Waals surface area (Å²) in [5.74, 6) is 0. The number of pyridine rings is 1. The van der Waals surface area contributed by atoms with E-state index in [9.17, 15) is 13.2 Å². The maximum absolute atomic E-state index is 12.2. The number of rotatable bonds is 0. The van der Waals surface area contributed by atoms with Crippen LogP contribution in [0.5, 0.6) is 0 Å². The summed E-state index contributed by atoms with van der Waals surface area (Å²) < 4.78 is 41.4. The van der Waals surface area contributed by atoms with Gasteiger partial charge in [0, 0.05) is 15.9 Å². The largest absolute Gasteiger partial charge is 0.433 e. The summed E-state index contributed by atoms with van der Waals surface area (Å²) in [7, 11) is 0. The zero-order valence-corrected chi connectivity index (χ0v) is 8.06. The Hall–Kier alpha value is -1.11. The monoisotopic (exact) mass is 266 g/mol. The van der Waals surface area contributed by atoms with Gasteiger partial charge < -0.3 is 4.42 Å². The fourth-order valence-electron chi connectivity index (χ4n) is 0.948. The van der Waals surface area contributed by atoms with Gasteiger partial charge in [0.15, 0.2) is 0 Å². The van der Waals surface area contributed by atoms with E-state index in [2.05, 4.69) is 25.9 Å². The molecule has 2 rings (SSSR count). The zero-order chi connectivity index (χ0) is 10.3. The number of halogens is 4. The fourth-order valence-corrected chi connectivity index (χ4v) is 1.29. The molecule has 0 saturated heterocycles. The highest BCUT2D eigenvalue weighted by molar-refractivity contribution is 9.10. The summed E-state index contributed by atoms with van der Waals surface area (Å²) in [6.45, 7) is 0. The molecule has 0 fully saturated rings. The van der Waals surface area contributed by atoms with Crippen molar-refractivity contribution in [2.75, 3.05) is 0 Å². The predicted octanol–water partition coefficient (Wildman–Crippen LogP) is 3.00. The van der Waals surface area contributed by atoms with Crippen molar-refractivity contribution in [2.45, 2.75) is 6.18 Å². The maximum Gasteiger partial charge on any atom is 0.433 e. The Kier molecular flexibility index (Phi) is 1.99. The van der Waals surface area contributed by atoms with Crippen molar-refractivity contribution in [1.29, 1.82) is 0 Å². The van der Waals surface area contributed by atoms with Crippen molar-refractivity contribution in [3.8, 4) is 0 Å². The van der Waals surface area contributed by atoms with Crippen LogP contribution in [-0.2, 0) is 6.18 Å². The molecule has 0 atom stereocenters. The highest BCUT2D eigenvalue weighted by atomic mass is 79.9. The first-order chi connectivity index (χ1) is 6.47. The van der Waals surface area contributed by atoms with E-state index >= 15 is 0 Å². The summed E-state index contributed by atoms with van der Waals surface area (Å²) in [4.78, 5) is 7.15. The molecule has 2 aromatic heterocycles. The van der Waals surface area contributed by atoms with Crippen molar-refractivity contribution >= 4 is 27.2 Å². The van der Waals surface area contributed by atoms with E-state index in [-0.39, 0.29) is 16.0 Å². The Morgan fingerprint density at radius 1 is 1.21 bits per heavy atom. The number of hydrogen-bond acceptors (Lipinski definition) is 3. The van der Waals surface area contributed by atoms with Crippen LogP contribution < -0.4 is 0 Å². The molecule has 0 aliphatic carbocycles. The van der Waals surface area contributed by atoms with Gasteiger partial charge in [-0.05, 0) is 12.1 Å². The maximum atomic E-state index is 12.2. The lowest BCUT2D eigenvalue weighted by Gasteiger charge is -2.03. The number of aromatic nitrogens is 2. The van der Waals surface area contributed by atoms with E-state index in [0.717, 1.165) is 6.07 Å². The molecule has 74 valence electrons. The molecule has 0 saturated carbocycles. The second-order valence-corrected chi connectivity index (χ2v) is 3.16. The number of nitrogens with zero attached hydrogens (tertiary/aromatic N) is 2. The van der Waals surface area contributed by atoms with E-state index in [0.29, 0.717) is 0 Å². The first kappa shape index (κ1) is 9.45. The molecule has 7 heteroatoms. The van der Waals surface area contributed by atoms with Crippen LogP contribution in [0.1, 0.15) is 5.69 Å². The lowest BCUT2D eigenvalue weighted by atomic mass is 10.3. The molecule has 0 bridgehead atoms. The Morgan fingerprint density at radius 3 is 2.57 bits per heavy atom.